The molecule has 0 bridgehead atoms. The Hall–Kier alpha value is -1.84. The summed E-state index contributed by atoms with van der Waals surface area (Å²) in [5.41, 5.74) is 13.1. The molecule has 0 aromatic carbocycles. The van der Waals surface area contributed by atoms with E-state index in [1.165, 1.54) is 6.20 Å². The minimum atomic E-state index is 0.633. The SMILES string of the molecule is CN=C/C(=C\N)c1ccc(N)cn1. The number of rotatable bonds is 2. The number of hydrogen-bond acceptors (Lipinski definition) is 4. The lowest BCUT2D eigenvalue weighted by atomic mass is 10.2. The zero-order valence-corrected chi connectivity index (χ0v) is 7.44. The third kappa shape index (κ3) is 2.30. The molecule has 1 aromatic heterocycles. The van der Waals surface area contributed by atoms with Crippen LogP contribution in [0.15, 0.2) is 29.5 Å². The molecule has 0 amide bonds. The molecule has 0 aliphatic rings. The van der Waals surface area contributed by atoms with Gasteiger partial charge >= 0.3 is 0 Å². The maximum atomic E-state index is 5.50. The minimum absolute atomic E-state index is 0.633. The summed E-state index contributed by atoms with van der Waals surface area (Å²) in [5.74, 6) is 0. The summed E-state index contributed by atoms with van der Waals surface area (Å²) in [5, 5.41) is 0. The van der Waals surface area contributed by atoms with Crippen molar-refractivity contribution in [2.45, 2.75) is 0 Å². The van der Waals surface area contributed by atoms with Gasteiger partial charge < -0.3 is 11.5 Å². The van der Waals surface area contributed by atoms with Gasteiger partial charge in [0.1, 0.15) is 0 Å². The highest BCUT2D eigenvalue weighted by Gasteiger charge is 1.97. The van der Waals surface area contributed by atoms with Gasteiger partial charge in [-0.05, 0) is 12.1 Å². The Morgan fingerprint density at radius 2 is 2.31 bits per heavy atom. The van der Waals surface area contributed by atoms with Crippen molar-refractivity contribution in [3.63, 3.8) is 0 Å². The minimum Gasteiger partial charge on any atom is -0.404 e. The van der Waals surface area contributed by atoms with Crippen LogP contribution in [0.25, 0.3) is 5.57 Å². The van der Waals surface area contributed by atoms with E-state index in [1.54, 1.807) is 31.6 Å². The smallest absolute Gasteiger partial charge is 0.0733 e. The molecule has 0 saturated heterocycles. The fraction of sp³-hybridized carbons (Fsp3) is 0.111. The first-order chi connectivity index (χ1) is 6.27. The van der Waals surface area contributed by atoms with Gasteiger partial charge in [-0.2, -0.15) is 0 Å². The molecule has 1 aromatic rings. The number of aliphatic imine (C=N–C) groups is 1. The lowest BCUT2D eigenvalue weighted by Gasteiger charge is -1.99. The van der Waals surface area contributed by atoms with E-state index in [9.17, 15) is 0 Å². The van der Waals surface area contributed by atoms with Gasteiger partial charge in [-0.25, -0.2) is 0 Å². The number of anilines is 1. The molecule has 68 valence electrons. The van der Waals surface area contributed by atoms with Gasteiger partial charge in [0, 0.05) is 25.0 Å². The van der Waals surface area contributed by atoms with Crippen LogP contribution in [0.5, 0.6) is 0 Å². The van der Waals surface area contributed by atoms with E-state index in [2.05, 4.69) is 9.98 Å². The lowest BCUT2D eigenvalue weighted by Crippen LogP contribution is -1.95. The van der Waals surface area contributed by atoms with Crippen LogP contribution in [0.2, 0.25) is 0 Å². The second-order valence-electron chi connectivity index (χ2n) is 2.49. The van der Waals surface area contributed by atoms with Crippen molar-refractivity contribution in [2.75, 3.05) is 12.8 Å². The molecule has 4 heteroatoms. The Labute approximate surface area is 77.0 Å². The van der Waals surface area contributed by atoms with E-state index in [1.807, 2.05) is 0 Å². The van der Waals surface area contributed by atoms with E-state index in [0.29, 0.717) is 5.69 Å². The number of pyridine rings is 1. The van der Waals surface area contributed by atoms with E-state index >= 15 is 0 Å². The Morgan fingerprint density at radius 3 is 2.77 bits per heavy atom. The maximum absolute atomic E-state index is 5.50. The zero-order chi connectivity index (χ0) is 9.68. The molecule has 0 aliphatic carbocycles. The van der Waals surface area contributed by atoms with Crippen LogP contribution < -0.4 is 11.5 Å². The number of nitrogens with two attached hydrogens (primary N) is 2. The van der Waals surface area contributed by atoms with E-state index in [-0.39, 0.29) is 0 Å². The zero-order valence-electron chi connectivity index (χ0n) is 7.44. The molecule has 4 nitrogen and oxygen atoms in total. The van der Waals surface area contributed by atoms with Crippen LogP contribution in [0.4, 0.5) is 5.69 Å². The summed E-state index contributed by atoms with van der Waals surface area (Å²) >= 11 is 0. The number of nitrogen functional groups attached to an aromatic ring is 1. The second kappa shape index (κ2) is 4.25. The summed E-state index contributed by atoms with van der Waals surface area (Å²) < 4.78 is 0. The van der Waals surface area contributed by atoms with Gasteiger partial charge in [-0.15, -0.1) is 0 Å². The summed E-state index contributed by atoms with van der Waals surface area (Å²) in [6.45, 7) is 0. The fourth-order valence-corrected chi connectivity index (χ4v) is 0.910. The molecular formula is C9H12N4. The predicted octanol–water partition coefficient (Wildman–Crippen LogP) is 0.664. The fourth-order valence-electron chi connectivity index (χ4n) is 0.910. The van der Waals surface area contributed by atoms with Crippen LogP contribution in [0, 0.1) is 0 Å². The number of hydrogen-bond donors (Lipinski definition) is 2. The molecule has 0 saturated carbocycles. The van der Waals surface area contributed by atoms with Crippen molar-refractivity contribution in [1.82, 2.24) is 4.98 Å². The molecule has 0 unspecified atom stereocenters. The van der Waals surface area contributed by atoms with Crippen LogP contribution in [0.3, 0.4) is 0 Å². The van der Waals surface area contributed by atoms with Gasteiger partial charge in [-0.3, -0.25) is 9.98 Å². The standard InChI is InChI=1S/C9H12N4/c1-12-5-7(4-10)9-3-2-8(11)6-13-9/h2-6H,10-11H2,1H3/b7-4+,12-5?. The van der Waals surface area contributed by atoms with E-state index < -0.39 is 0 Å². The van der Waals surface area contributed by atoms with E-state index in [4.69, 9.17) is 11.5 Å². The molecule has 0 radical (unpaired) electrons. The number of nitrogens with zero attached hydrogens (tertiary/aromatic N) is 2. The highest BCUT2D eigenvalue weighted by Crippen LogP contribution is 2.09. The highest BCUT2D eigenvalue weighted by molar-refractivity contribution is 6.08. The summed E-state index contributed by atoms with van der Waals surface area (Å²) in [6, 6.07) is 3.57. The normalized spacial score (nSPS) is 12.2. The largest absolute Gasteiger partial charge is 0.404 e. The summed E-state index contributed by atoms with van der Waals surface area (Å²) in [4.78, 5) is 7.96. The third-order valence-corrected chi connectivity index (χ3v) is 1.53. The maximum Gasteiger partial charge on any atom is 0.0733 e. The summed E-state index contributed by atoms with van der Waals surface area (Å²) in [6.07, 6.45) is 4.70. The van der Waals surface area contributed by atoms with E-state index in [0.717, 1.165) is 11.3 Å². The Kier molecular flexibility index (Phi) is 3.03. The van der Waals surface area contributed by atoms with Crippen LogP contribution in [-0.4, -0.2) is 18.2 Å². The van der Waals surface area contributed by atoms with Crippen LogP contribution in [-0.2, 0) is 0 Å². The lowest BCUT2D eigenvalue weighted by molar-refractivity contribution is 1.28. The number of allylic oxidation sites excluding steroid dienone is 1. The molecule has 0 spiro atoms. The van der Waals surface area contributed by atoms with Gasteiger partial charge in [0.25, 0.3) is 0 Å². The molecule has 0 fully saturated rings. The van der Waals surface area contributed by atoms with Crippen molar-refractivity contribution in [2.24, 2.45) is 10.7 Å². The van der Waals surface area contributed by atoms with Crippen LogP contribution in [0.1, 0.15) is 5.69 Å². The van der Waals surface area contributed by atoms with Crippen LogP contribution >= 0.6 is 0 Å². The molecule has 13 heavy (non-hydrogen) atoms. The number of aromatic nitrogens is 1. The molecule has 1 rings (SSSR count). The first-order valence-corrected chi connectivity index (χ1v) is 3.84. The van der Waals surface area contributed by atoms with Crippen molar-refractivity contribution in [3.05, 3.63) is 30.2 Å². The quantitative estimate of drug-likeness (QED) is 0.650. The average molecular weight is 176 g/mol. The molecule has 1 heterocycles. The topological polar surface area (TPSA) is 77.3 Å². The van der Waals surface area contributed by atoms with Gasteiger partial charge in [0.05, 0.1) is 17.6 Å². The average Bonchev–Trinajstić information content (AvgIpc) is 2.16. The van der Waals surface area contributed by atoms with Crippen molar-refractivity contribution >= 4 is 17.5 Å². The third-order valence-electron chi connectivity index (χ3n) is 1.53. The van der Waals surface area contributed by atoms with Crippen molar-refractivity contribution in [1.29, 1.82) is 0 Å². The predicted molar refractivity (Wildman–Crippen MR) is 55.2 cm³/mol. The van der Waals surface area contributed by atoms with Gasteiger partial charge in [0.2, 0.25) is 0 Å². The molecule has 0 atom stereocenters. The molecule has 4 N–H and O–H groups in total. The molecule has 0 aliphatic heterocycles. The Morgan fingerprint density at radius 1 is 1.54 bits per heavy atom. The highest BCUT2D eigenvalue weighted by atomic mass is 14.7. The van der Waals surface area contributed by atoms with Gasteiger partial charge in [0.15, 0.2) is 0 Å². The Bertz CT molecular complexity index is 324. The first kappa shape index (κ1) is 9.25. The Balaban J connectivity index is 3.00. The van der Waals surface area contributed by atoms with Crippen molar-refractivity contribution in [3.8, 4) is 0 Å². The molecular weight excluding hydrogens is 164 g/mol. The van der Waals surface area contributed by atoms with Gasteiger partial charge in [-0.1, -0.05) is 0 Å². The summed E-state index contributed by atoms with van der Waals surface area (Å²) in [7, 11) is 1.68. The first-order valence-electron chi connectivity index (χ1n) is 3.84. The van der Waals surface area contributed by atoms with Crippen molar-refractivity contribution < 1.29 is 0 Å². The monoisotopic (exact) mass is 176 g/mol. The second-order valence-corrected chi connectivity index (χ2v) is 2.49.